The third-order valence-corrected chi connectivity index (χ3v) is 1.97. The zero-order chi connectivity index (χ0) is 9.14. The molecule has 0 radical (unpaired) electrons. The van der Waals surface area contributed by atoms with Gasteiger partial charge in [-0.3, -0.25) is 14.5 Å². The van der Waals surface area contributed by atoms with Gasteiger partial charge in [0, 0.05) is 13.3 Å². The Bertz CT molecular complexity index is 205. The van der Waals surface area contributed by atoms with Crippen molar-refractivity contribution >= 4 is 11.8 Å². The van der Waals surface area contributed by atoms with Gasteiger partial charge >= 0.3 is 0 Å². The van der Waals surface area contributed by atoms with E-state index >= 15 is 0 Å². The first kappa shape index (κ1) is 9.16. The van der Waals surface area contributed by atoms with Gasteiger partial charge in [-0.15, -0.1) is 0 Å². The normalized spacial score (nSPS) is 25.3. The maximum atomic E-state index is 13.1. The highest BCUT2D eigenvalue weighted by Crippen LogP contribution is 2.18. The summed E-state index contributed by atoms with van der Waals surface area (Å²) in [7, 11) is 0. The van der Waals surface area contributed by atoms with Crippen LogP contribution >= 0.6 is 0 Å². The molecule has 1 aliphatic rings. The van der Waals surface area contributed by atoms with Crippen LogP contribution in [0, 0.1) is 0 Å². The Morgan fingerprint density at radius 2 is 2.25 bits per heavy atom. The van der Waals surface area contributed by atoms with E-state index in [9.17, 15) is 14.0 Å². The van der Waals surface area contributed by atoms with Crippen molar-refractivity contribution in [3.63, 3.8) is 0 Å². The van der Waals surface area contributed by atoms with E-state index in [4.69, 9.17) is 0 Å². The first-order valence-corrected chi connectivity index (χ1v) is 4.09. The minimum absolute atomic E-state index is 0.283. The molecule has 4 heteroatoms. The molecular formula is C8H12FNO2. The summed E-state index contributed by atoms with van der Waals surface area (Å²) in [5.41, 5.74) is 0. The molecule has 3 nitrogen and oxygen atoms in total. The topological polar surface area (TPSA) is 37.4 Å². The molecule has 1 atom stereocenters. The predicted octanol–water partition coefficient (Wildman–Crippen LogP) is 1.23. The molecule has 0 N–H and O–H groups in total. The molecule has 1 fully saturated rings. The van der Waals surface area contributed by atoms with Gasteiger partial charge in [0.05, 0.1) is 0 Å². The van der Waals surface area contributed by atoms with Crippen LogP contribution in [0.15, 0.2) is 0 Å². The zero-order valence-electron chi connectivity index (χ0n) is 7.05. The second kappa shape index (κ2) is 3.65. The number of halogens is 1. The van der Waals surface area contributed by atoms with E-state index in [2.05, 4.69) is 0 Å². The fraction of sp³-hybridized carbons (Fsp3) is 0.750. The molecule has 2 amide bonds. The van der Waals surface area contributed by atoms with Crippen molar-refractivity contribution in [2.45, 2.75) is 38.9 Å². The predicted molar refractivity (Wildman–Crippen MR) is 40.9 cm³/mol. The molecule has 0 aromatic carbocycles. The van der Waals surface area contributed by atoms with Crippen LogP contribution in [-0.2, 0) is 9.59 Å². The number of nitrogens with zero attached hydrogens (tertiary/aromatic N) is 1. The van der Waals surface area contributed by atoms with E-state index < -0.39 is 12.2 Å². The van der Waals surface area contributed by atoms with Crippen LogP contribution in [0.1, 0.15) is 32.6 Å². The number of hydrogen-bond acceptors (Lipinski definition) is 2. The molecule has 0 aliphatic carbocycles. The highest BCUT2D eigenvalue weighted by atomic mass is 19.1. The van der Waals surface area contributed by atoms with Gasteiger partial charge in [0.2, 0.25) is 11.8 Å². The number of alkyl halides is 1. The van der Waals surface area contributed by atoms with Crippen LogP contribution in [0.25, 0.3) is 0 Å². The molecular weight excluding hydrogens is 161 g/mol. The highest BCUT2D eigenvalue weighted by molar-refractivity contribution is 5.94. The van der Waals surface area contributed by atoms with Crippen LogP contribution < -0.4 is 0 Å². The first-order valence-electron chi connectivity index (χ1n) is 4.09. The summed E-state index contributed by atoms with van der Waals surface area (Å²) in [4.78, 5) is 22.7. The Kier molecular flexibility index (Phi) is 2.78. The largest absolute Gasteiger partial charge is 0.275 e. The third-order valence-electron chi connectivity index (χ3n) is 1.97. The monoisotopic (exact) mass is 173 g/mol. The van der Waals surface area contributed by atoms with Gasteiger partial charge in [0.1, 0.15) is 0 Å². The van der Waals surface area contributed by atoms with Crippen molar-refractivity contribution in [2.75, 3.05) is 0 Å². The van der Waals surface area contributed by atoms with E-state index in [0.717, 1.165) is 4.90 Å². The minimum Gasteiger partial charge on any atom is -0.275 e. The Morgan fingerprint density at radius 1 is 1.58 bits per heavy atom. The molecule has 0 aromatic rings. The second-order valence-corrected chi connectivity index (χ2v) is 2.96. The molecule has 1 heterocycles. The quantitative estimate of drug-likeness (QED) is 0.517. The Hall–Kier alpha value is -0.930. The molecule has 0 bridgehead atoms. The van der Waals surface area contributed by atoms with E-state index in [-0.39, 0.29) is 12.3 Å². The van der Waals surface area contributed by atoms with Crippen LogP contribution in [0.4, 0.5) is 4.39 Å². The smallest absolute Gasteiger partial charge is 0.231 e. The molecule has 1 saturated heterocycles. The summed E-state index contributed by atoms with van der Waals surface area (Å²) < 4.78 is 13.1. The van der Waals surface area contributed by atoms with E-state index in [1.54, 1.807) is 0 Å². The van der Waals surface area contributed by atoms with Gasteiger partial charge in [-0.2, -0.15) is 0 Å². The van der Waals surface area contributed by atoms with E-state index in [1.807, 2.05) is 0 Å². The number of imide groups is 1. The summed E-state index contributed by atoms with van der Waals surface area (Å²) >= 11 is 0. The van der Waals surface area contributed by atoms with Crippen LogP contribution in [0.5, 0.6) is 0 Å². The molecule has 0 saturated carbocycles. The van der Waals surface area contributed by atoms with Crippen LogP contribution in [-0.4, -0.2) is 23.0 Å². The van der Waals surface area contributed by atoms with Gasteiger partial charge in [-0.05, 0) is 19.3 Å². The van der Waals surface area contributed by atoms with Crippen molar-refractivity contribution in [3.8, 4) is 0 Å². The highest BCUT2D eigenvalue weighted by Gasteiger charge is 2.28. The minimum atomic E-state index is -1.41. The molecule has 1 unspecified atom stereocenters. The number of carbonyl (C=O) groups excluding carboxylic acids is 2. The van der Waals surface area contributed by atoms with Gasteiger partial charge in [0.15, 0.2) is 6.30 Å². The van der Waals surface area contributed by atoms with E-state index in [1.165, 1.54) is 6.92 Å². The average Bonchev–Trinajstić information content (AvgIpc) is 2.11. The number of rotatable bonds is 0. The zero-order valence-corrected chi connectivity index (χ0v) is 7.05. The molecule has 0 aromatic heterocycles. The molecule has 1 aliphatic heterocycles. The first-order chi connectivity index (χ1) is 5.63. The second-order valence-electron chi connectivity index (χ2n) is 2.96. The lowest BCUT2D eigenvalue weighted by Crippen LogP contribution is -2.39. The van der Waals surface area contributed by atoms with E-state index in [0.29, 0.717) is 19.3 Å². The molecule has 12 heavy (non-hydrogen) atoms. The Morgan fingerprint density at radius 3 is 2.83 bits per heavy atom. The maximum Gasteiger partial charge on any atom is 0.231 e. The van der Waals surface area contributed by atoms with Crippen LogP contribution in [0.3, 0.4) is 0 Å². The number of amides is 2. The molecule has 0 spiro atoms. The molecule has 1 rings (SSSR count). The summed E-state index contributed by atoms with van der Waals surface area (Å²) in [6, 6.07) is 0. The fourth-order valence-corrected chi connectivity index (χ4v) is 1.37. The van der Waals surface area contributed by atoms with Crippen LogP contribution in [0.2, 0.25) is 0 Å². The maximum absolute atomic E-state index is 13.1. The lowest BCUT2D eigenvalue weighted by atomic mass is 10.2. The molecule has 68 valence electrons. The Balaban J connectivity index is 2.75. The third kappa shape index (κ3) is 1.81. The fourth-order valence-electron chi connectivity index (χ4n) is 1.37. The van der Waals surface area contributed by atoms with Crippen molar-refractivity contribution in [3.05, 3.63) is 0 Å². The van der Waals surface area contributed by atoms with Crippen molar-refractivity contribution in [2.24, 2.45) is 0 Å². The van der Waals surface area contributed by atoms with Gasteiger partial charge in [-0.1, -0.05) is 0 Å². The Labute approximate surface area is 70.5 Å². The number of likely N-dealkylation sites (tertiary alicyclic amines) is 1. The van der Waals surface area contributed by atoms with Gasteiger partial charge in [0.25, 0.3) is 0 Å². The standard InChI is InChI=1S/C8H12FNO2/c1-6(11)10-7(9)4-2-3-5-8(10)12/h7H,2-5H2,1H3. The lowest BCUT2D eigenvalue weighted by Gasteiger charge is -2.19. The summed E-state index contributed by atoms with van der Waals surface area (Å²) in [6.07, 6.45) is 0.530. The van der Waals surface area contributed by atoms with Gasteiger partial charge < -0.3 is 0 Å². The summed E-state index contributed by atoms with van der Waals surface area (Å²) in [5, 5.41) is 0. The van der Waals surface area contributed by atoms with Gasteiger partial charge in [-0.25, -0.2) is 4.39 Å². The number of hydrogen-bond donors (Lipinski definition) is 0. The summed E-state index contributed by atoms with van der Waals surface area (Å²) in [5.74, 6) is -0.873. The lowest BCUT2D eigenvalue weighted by molar-refractivity contribution is -0.149. The number of carbonyl (C=O) groups is 2. The summed E-state index contributed by atoms with van der Waals surface area (Å²) in [6.45, 7) is 1.22. The van der Waals surface area contributed by atoms with Crippen molar-refractivity contribution in [1.29, 1.82) is 0 Å². The SMILES string of the molecule is CC(=O)N1C(=O)CCCCC1F. The van der Waals surface area contributed by atoms with Crippen molar-refractivity contribution < 1.29 is 14.0 Å². The average molecular weight is 173 g/mol. The van der Waals surface area contributed by atoms with Crippen molar-refractivity contribution in [1.82, 2.24) is 4.90 Å².